The summed E-state index contributed by atoms with van der Waals surface area (Å²) in [6.45, 7) is 3.49. The second-order valence-corrected chi connectivity index (χ2v) is 7.78. The van der Waals surface area contributed by atoms with Crippen LogP contribution in [0.25, 0.3) is 11.1 Å². The Kier molecular flexibility index (Phi) is 9.45. The lowest BCUT2D eigenvalue weighted by Gasteiger charge is -2.18. The highest BCUT2D eigenvalue weighted by molar-refractivity contribution is 5.96. The molecule has 3 aromatic carbocycles. The Morgan fingerprint density at radius 3 is 2.14 bits per heavy atom. The molecule has 0 saturated carbocycles. The lowest BCUT2D eigenvalue weighted by atomic mass is 10.0. The van der Waals surface area contributed by atoms with Gasteiger partial charge in [0.1, 0.15) is 23.7 Å². The van der Waals surface area contributed by atoms with Crippen LogP contribution in [0.15, 0.2) is 85.5 Å². The van der Waals surface area contributed by atoms with E-state index in [-0.39, 0.29) is 16.9 Å². The summed E-state index contributed by atoms with van der Waals surface area (Å²) < 4.78 is 58.5. The van der Waals surface area contributed by atoms with Crippen molar-refractivity contribution in [2.45, 2.75) is 18.7 Å². The fourth-order valence-electron chi connectivity index (χ4n) is 3.33. The molecule has 3 rings (SSSR count). The van der Waals surface area contributed by atoms with E-state index < -0.39 is 37.2 Å². The summed E-state index contributed by atoms with van der Waals surface area (Å²) in [5.41, 5.74) is 1.93. The third kappa shape index (κ3) is 7.68. The lowest BCUT2D eigenvalue weighted by Crippen LogP contribution is -2.32. The van der Waals surface area contributed by atoms with Gasteiger partial charge in [0.15, 0.2) is 6.10 Å². The summed E-state index contributed by atoms with van der Waals surface area (Å²) >= 11 is 0. The van der Waals surface area contributed by atoms with Crippen LogP contribution in [0.2, 0.25) is 0 Å². The molecule has 3 aromatic rings. The number of hydrogen-bond donors (Lipinski definition) is 0. The van der Waals surface area contributed by atoms with Crippen LogP contribution >= 0.6 is 0 Å². The van der Waals surface area contributed by atoms with Crippen molar-refractivity contribution in [3.8, 4) is 22.6 Å². The summed E-state index contributed by atoms with van der Waals surface area (Å²) in [7, 11) is 0.928. The average molecular weight is 514 g/mol. The van der Waals surface area contributed by atoms with Gasteiger partial charge < -0.3 is 18.9 Å². The zero-order valence-electron chi connectivity index (χ0n) is 20.0. The van der Waals surface area contributed by atoms with Crippen LogP contribution in [-0.4, -0.2) is 44.5 Å². The first-order chi connectivity index (χ1) is 17.7. The number of alkyl halides is 3. The summed E-state index contributed by atoms with van der Waals surface area (Å²) in [5.74, 6) is -0.997. The van der Waals surface area contributed by atoms with Crippen LogP contribution in [0, 0.1) is 0 Å². The van der Waals surface area contributed by atoms with Crippen LogP contribution in [0.1, 0.15) is 27.1 Å². The molecule has 37 heavy (non-hydrogen) atoms. The van der Waals surface area contributed by atoms with E-state index in [1.807, 2.05) is 24.3 Å². The molecule has 0 amide bonds. The summed E-state index contributed by atoms with van der Waals surface area (Å²) in [6.07, 6.45) is -5.54. The number of halogens is 3. The Bertz CT molecular complexity index is 1200. The molecular weight excluding hydrogens is 489 g/mol. The van der Waals surface area contributed by atoms with E-state index in [9.17, 15) is 22.8 Å². The molecule has 0 fully saturated rings. The molecule has 6 nitrogen and oxygen atoms in total. The van der Waals surface area contributed by atoms with Gasteiger partial charge in [-0.05, 0) is 47.5 Å². The molecule has 0 saturated heterocycles. The van der Waals surface area contributed by atoms with Crippen molar-refractivity contribution < 1.29 is 41.7 Å². The SMILES string of the molecule is C=CCOc1ccc(-c2ccc(C(=O)Oc3ccccc3C(=O)OCCC(OC)C(F)(F)F)cc2)cc1. The maximum Gasteiger partial charge on any atom is 0.414 e. The largest absolute Gasteiger partial charge is 0.490 e. The molecule has 0 aliphatic carbocycles. The molecule has 0 heterocycles. The van der Waals surface area contributed by atoms with Gasteiger partial charge in [-0.1, -0.05) is 49.1 Å². The van der Waals surface area contributed by atoms with E-state index in [4.69, 9.17) is 14.2 Å². The molecular formula is C28H25F3O6. The van der Waals surface area contributed by atoms with E-state index in [2.05, 4.69) is 11.3 Å². The zero-order valence-corrected chi connectivity index (χ0v) is 20.0. The minimum absolute atomic E-state index is 0.0733. The van der Waals surface area contributed by atoms with Crippen molar-refractivity contribution >= 4 is 11.9 Å². The minimum atomic E-state index is -4.58. The number of carbonyl (C=O) groups excluding carboxylic acids is 2. The molecule has 0 spiro atoms. The quantitative estimate of drug-likeness (QED) is 0.171. The highest BCUT2D eigenvalue weighted by Crippen LogP contribution is 2.26. The van der Waals surface area contributed by atoms with Gasteiger partial charge in [0.25, 0.3) is 0 Å². The number of hydrogen-bond acceptors (Lipinski definition) is 6. The van der Waals surface area contributed by atoms with Gasteiger partial charge >= 0.3 is 18.1 Å². The number of methoxy groups -OCH3 is 1. The van der Waals surface area contributed by atoms with E-state index >= 15 is 0 Å². The first kappa shape index (κ1) is 27.5. The maximum atomic E-state index is 12.8. The average Bonchev–Trinajstić information content (AvgIpc) is 2.89. The van der Waals surface area contributed by atoms with Gasteiger partial charge in [0, 0.05) is 13.5 Å². The van der Waals surface area contributed by atoms with E-state index in [1.165, 1.54) is 18.2 Å². The molecule has 9 heteroatoms. The highest BCUT2D eigenvalue weighted by atomic mass is 19.4. The first-order valence-corrected chi connectivity index (χ1v) is 11.2. The number of para-hydroxylation sites is 1. The second kappa shape index (κ2) is 12.7. The highest BCUT2D eigenvalue weighted by Gasteiger charge is 2.39. The van der Waals surface area contributed by atoms with Crippen molar-refractivity contribution in [2.75, 3.05) is 20.3 Å². The van der Waals surface area contributed by atoms with Crippen LogP contribution in [0.4, 0.5) is 13.2 Å². The topological polar surface area (TPSA) is 71.1 Å². The maximum absolute atomic E-state index is 12.8. The Morgan fingerprint density at radius 1 is 0.919 bits per heavy atom. The molecule has 1 unspecified atom stereocenters. The fourth-order valence-corrected chi connectivity index (χ4v) is 3.33. The van der Waals surface area contributed by atoms with Gasteiger partial charge in [-0.2, -0.15) is 13.2 Å². The van der Waals surface area contributed by atoms with E-state index in [0.717, 1.165) is 18.2 Å². The normalized spacial score (nSPS) is 11.9. The van der Waals surface area contributed by atoms with E-state index in [1.54, 1.807) is 36.4 Å². The zero-order chi connectivity index (χ0) is 26.8. The van der Waals surface area contributed by atoms with Gasteiger partial charge in [0.2, 0.25) is 0 Å². The van der Waals surface area contributed by atoms with Crippen molar-refractivity contribution in [2.24, 2.45) is 0 Å². The number of esters is 2. The van der Waals surface area contributed by atoms with Crippen LogP contribution in [-0.2, 0) is 9.47 Å². The number of carbonyl (C=O) groups is 2. The monoisotopic (exact) mass is 514 g/mol. The molecule has 194 valence electrons. The molecule has 0 bridgehead atoms. The second-order valence-electron chi connectivity index (χ2n) is 7.78. The van der Waals surface area contributed by atoms with Crippen molar-refractivity contribution in [1.29, 1.82) is 0 Å². The molecule has 1 atom stereocenters. The number of benzene rings is 3. The lowest BCUT2D eigenvalue weighted by molar-refractivity contribution is -0.216. The molecule has 0 aliphatic rings. The van der Waals surface area contributed by atoms with Crippen LogP contribution in [0.3, 0.4) is 0 Å². The van der Waals surface area contributed by atoms with Gasteiger partial charge in [-0.25, -0.2) is 9.59 Å². The molecule has 0 N–H and O–H groups in total. The Labute approximate surface area is 212 Å². The minimum Gasteiger partial charge on any atom is -0.490 e. The number of rotatable bonds is 11. The van der Waals surface area contributed by atoms with Gasteiger partial charge in [-0.15, -0.1) is 0 Å². The molecule has 0 radical (unpaired) electrons. The third-order valence-corrected chi connectivity index (χ3v) is 5.25. The fraction of sp³-hybridized carbons (Fsp3) is 0.214. The standard InChI is InChI=1S/C28H25F3O6/c1-3-17-35-22-14-12-20(13-15-22)19-8-10-21(11-9-19)26(32)37-24-7-5-4-6-23(24)27(33)36-18-16-25(34-2)28(29,30)31/h3-15,25H,1,16-18H2,2H3. The summed E-state index contributed by atoms with van der Waals surface area (Å²) in [6, 6.07) is 19.9. The first-order valence-electron chi connectivity index (χ1n) is 11.2. The molecule has 0 aromatic heterocycles. The predicted molar refractivity (Wildman–Crippen MR) is 131 cm³/mol. The van der Waals surface area contributed by atoms with Crippen LogP contribution in [0.5, 0.6) is 11.5 Å². The Morgan fingerprint density at radius 2 is 1.54 bits per heavy atom. The number of ether oxygens (including phenoxy) is 4. The molecule has 0 aliphatic heterocycles. The smallest absolute Gasteiger partial charge is 0.414 e. The Hall–Kier alpha value is -4.11. The van der Waals surface area contributed by atoms with E-state index in [0.29, 0.717) is 12.4 Å². The summed E-state index contributed by atoms with van der Waals surface area (Å²) in [4.78, 5) is 25.1. The third-order valence-electron chi connectivity index (χ3n) is 5.25. The van der Waals surface area contributed by atoms with Crippen molar-refractivity contribution in [3.05, 3.63) is 96.6 Å². The van der Waals surface area contributed by atoms with Crippen molar-refractivity contribution in [1.82, 2.24) is 0 Å². The predicted octanol–water partition coefficient (Wildman–Crippen LogP) is 6.26. The van der Waals surface area contributed by atoms with Crippen molar-refractivity contribution in [3.63, 3.8) is 0 Å². The van der Waals surface area contributed by atoms with Gasteiger partial charge in [0.05, 0.1) is 12.2 Å². The van der Waals surface area contributed by atoms with Crippen LogP contribution < -0.4 is 9.47 Å². The summed E-state index contributed by atoms with van der Waals surface area (Å²) in [5, 5.41) is 0. The Balaban J connectivity index is 1.63. The van der Waals surface area contributed by atoms with Gasteiger partial charge in [-0.3, -0.25) is 0 Å².